The summed E-state index contributed by atoms with van der Waals surface area (Å²) in [7, 11) is 0. The number of hydrogen-bond acceptors (Lipinski definition) is 5. The van der Waals surface area contributed by atoms with Gasteiger partial charge < -0.3 is 10.0 Å². The van der Waals surface area contributed by atoms with Crippen molar-refractivity contribution < 1.29 is 14.3 Å². The minimum Gasteiger partial charge on any atom is -0.502 e. The SMILES string of the molecule is O=C1c2c(O)c(=O)ccn2N([C@@H]2c3ccccc3SCc3cccc(F)c32)CN1C1CC2(CC2)C1. The summed E-state index contributed by atoms with van der Waals surface area (Å²) in [6, 6.07) is 13.9. The van der Waals surface area contributed by atoms with Gasteiger partial charge in [-0.05, 0) is 54.4 Å². The van der Waals surface area contributed by atoms with Crippen molar-refractivity contribution in [1.29, 1.82) is 0 Å². The summed E-state index contributed by atoms with van der Waals surface area (Å²) >= 11 is 1.66. The van der Waals surface area contributed by atoms with Crippen LogP contribution in [0.5, 0.6) is 5.75 Å². The normalized spacial score (nSPS) is 22.2. The van der Waals surface area contributed by atoms with Crippen molar-refractivity contribution >= 4 is 17.7 Å². The highest BCUT2D eigenvalue weighted by atomic mass is 32.2. The van der Waals surface area contributed by atoms with E-state index in [2.05, 4.69) is 0 Å². The monoisotopic (exact) mass is 489 g/mol. The molecule has 4 aliphatic rings. The first-order chi connectivity index (χ1) is 17.0. The lowest BCUT2D eigenvalue weighted by Crippen LogP contribution is -2.60. The van der Waals surface area contributed by atoms with E-state index in [0.717, 1.165) is 28.9 Å². The lowest BCUT2D eigenvalue weighted by atomic mass is 9.76. The molecule has 2 saturated carbocycles. The number of aromatic hydroxyl groups is 1. The fourth-order valence-corrected chi connectivity index (χ4v) is 7.14. The van der Waals surface area contributed by atoms with E-state index >= 15 is 4.39 Å². The second-order valence-electron chi connectivity index (χ2n) is 10.2. The maximum atomic E-state index is 15.6. The molecule has 1 N–H and O–H groups in total. The van der Waals surface area contributed by atoms with Gasteiger partial charge in [-0.25, -0.2) is 4.39 Å². The second kappa shape index (κ2) is 7.37. The van der Waals surface area contributed by atoms with Crippen molar-refractivity contribution in [3.63, 3.8) is 0 Å². The van der Waals surface area contributed by atoms with E-state index in [1.165, 1.54) is 31.2 Å². The molecule has 2 aliphatic carbocycles. The average Bonchev–Trinajstić information content (AvgIpc) is 3.65. The first kappa shape index (κ1) is 21.1. The van der Waals surface area contributed by atoms with Crippen LogP contribution in [0.4, 0.5) is 4.39 Å². The van der Waals surface area contributed by atoms with Crippen LogP contribution in [0, 0.1) is 11.2 Å². The topological polar surface area (TPSA) is 65.8 Å². The molecule has 1 aromatic heterocycles. The molecule has 2 aromatic carbocycles. The van der Waals surface area contributed by atoms with Crippen LogP contribution in [-0.4, -0.2) is 33.3 Å². The van der Waals surface area contributed by atoms with Gasteiger partial charge in [0.25, 0.3) is 5.91 Å². The molecule has 0 radical (unpaired) electrons. The number of halogens is 1. The van der Waals surface area contributed by atoms with Gasteiger partial charge in [0.05, 0.1) is 0 Å². The number of amides is 1. The fraction of sp³-hybridized carbons (Fsp3) is 0.333. The molecule has 1 spiro atoms. The Labute approximate surface area is 205 Å². The summed E-state index contributed by atoms with van der Waals surface area (Å²) in [4.78, 5) is 28.8. The number of benzene rings is 2. The molecule has 1 amide bonds. The van der Waals surface area contributed by atoms with Crippen LogP contribution >= 0.6 is 11.8 Å². The third-order valence-electron chi connectivity index (χ3n) is 8.14. The van der Waals surface area contributed by atoms with Gasteiger partial charge in [0.15, 0.2) is 11.4 Å². The molecule has 178 valence electrons. The number of carbonyl (C=O) groups excluding carboxylic acids is 1. The van der Waals surface area contributed by atoms with E-state index in [1.807, 2.05) is 35.3 Å². The summed E-state index contributed by atoms with van der Waals surface area (Å²) in [5, 5.41) is 12.7. The number of thioether (sulfide) groups is 1. The van der Waals surface area contributed by atoms with E-state index in [9.17, 15) is 14.7 Å². The molecular formula is C27H24FN3O3S. The van der Waals surface area contributed by atoms with E-state index in [4.69, 9.17) is 0 Å². The molecule has 8 heteroatoms. The standard InChI is InChI=1S/C27H24FN3O3S/c28-19-6-3-4-16-14-35-21-7-2-1-5-18(21)23(22(16)19)31-15-29(17-12-27(13-17)9-10-27)26(34)24-25(33)20(32)8-11-30(24)31/h1-8,11,17,23,33H,9-10,12-15H2/t23-/m1/s1. The van der Waals surface area contributed by atoms with Crippen molar-refractivity contribution in [2.24, 2.45) is 5.41 Å². The molecular weight excluding hydrogens is 465 g/mol. The molecule has 2 fully saturated rings. The highest BCUT2D eigenvalue weighted by Crippen LogP contribution is 2.62. The number of rotatable bonds is 2. The zero-order chi connectivity index (χ0) is 23.9. The predicted molar refractivity (Wildman–Crippen MR) is 131 cm³/mol. The van der Waals surface area contributed by atoms with Gasteiger partial charge in [0.2, 0.25) is 5.43 Å². The number of fused-ring (bicyclic) bond motifs is 3. The van der Waals surface area contributed by atoms with Crippen LogP contribution < -0.4 is 10.4 Å². The fourth-order valence-electron chi connectivity index (χ4n) is 6.06. The number of nitrogens with zero attached hydrogens (tertiary/aromatic N) is 3. The summed E-state index contributed by atoms with van der Waals surface area (Å²) in [5.41, 5.74) is 2.13. The Morgan fingerprint density at radius 3 is 2.63 bits per heavy atom. The number of hydrogen-bond donors (Lipinski definition) is 1. The summed E-state index contributed by atoms with van der Waals surface area (Å²) in [5.74, 6) is -0.579. The van der Waals surface area contributed by atoms with E-state index < -0.39 is 17.2 Å². The minimum absolute atomic E-state index is 0.0476. The largest absolute Gasteiger partial charge is 0.502 e. The maximum absolute atomic E-state index is 15.6. The third kappa shape index (κ3) is 3.08. The van der Waals surface area contributed by atoms with Crippen molar-refractivity contribution in [3.8, 4) is 5.75 Å². The van der Waals surface area contributed by atoms with Crippen molar-refractivity contribution in [2.75, 3.05) is 11.7 Å². The van der Waals surface area contributed by atoms with E-state index in [-0.39, 0.29) is 30.1 Å². The smallest absolute Gasteiger partial charge is 0.278 e. The Balaban J connectivity index is 1.44. The maximum Gasteiger partial charge on any atom is 0.278 e. The summed E-state index contributed by atoms with van der Waals surface area (Å²) in [6.45, 7) is 0.242. The zero-order valence-corrected chi connectivity index (χ0v) is 19.8. The highest BCUT2D eigenvalue weighted by Gasteiger charge is 2.56. The molecule has 0 unspecified atom stereocenters. The van der Waals surface area contributed by atoms with Crippen molar-refractivity contribution in [2.45, 2.75) is 48.4 Å². The van der Waals surface area contributed by atoms with Gasteiger partial charge in [0.1, 0.15) is 18.5 Å². The van der Waals surface area contributed by atoms with Gasteiger partial charge in [-0.1, -0.05) is 30.3 Å². The Morgan fingerprint density at radius 2 is 1.83 bits per heavy atom. The van der Waals surface area contributed by atoms with Crippen LogP contribution in [0.15, 0.2) is 64.4 Å². The molecule has 2 aliphatic heterocycles. The Bertz CT molecular complexity index is 1440. The lowest BCUT2D eigenvalue weighted by Gasteiger charge is -2.50. The number of pyridine rings is 1. The molecule has 6 nitrogen and oxygen atoms in total. The van der Waals surface area contributed by atoms with Crippen molar-refractivity contribution in [3.05, 3.63) is 93.2 Å². The molecule has 7 rings (SSSR count). The van der Waals surface area contributed by atoms with Crippen LogP contribution in [0.25, 0.3) is 0 Å². The Kier molecular flexibility index (Phi) is 4.43. The minimum atomic E-state index is -0.595. The molecule has 0 bridgehead atoms. The lowest BCUT2D eigenvalue weighted by molar-refractivity contribution is 0.0307. The quantitative estimate of drug-likeness (QED) is 0.579. The van der Waals surface area contributed by atoms with Crippen molar-refractivity contribution in [1.82, 2.24) is 9.58 Å². The van der Waals surface area contributed by atoms with Crippen LogP contribution in [0.2, 0.25) is 0 Å². The summed E-state index contributed by atoms with van der Waals surface area (Å²) < 4.78 is 17.1. The molecule has 0 saturated heterocycles. The second-order valence-corrected chi connectivity index (χ2v) is 11.2. The van der Waals surface area contributed by atoms with Gasteiger partial charge in [-0.2, -0.15) is 0 Å². The highest BCUT2D eigenvalue weighted by molar-refractivity contribution is 7.98. The van der Waals surface area contributed by atoms with Gasteiger partial charge in [-0.3, -0.25) is 19.3 Å². The average molecular weight is 490 g/mol. The number of carbonyl (C=O) groups is 1. The van der Waals surface area contributed by atoms with Gasteiger partial charge >= 0.3 is 0 Å². The summed E-state index contributed by atoms with van der Waals surface area (Å²) in [6.07, 6.45) is 5.79. The Morgan fingerprint density at radius 1 is 1.03 bits per heavy atom. The number of aromatic nitrogens is 1. The molecule has 3 aromatic rings. The van der Waals surface area contributed by atoms with Gasteiger partial charge in [-0.15, -0.1) is 11.8 Å². The van der Waals surface area contributed by atoms with E-state index in [1.54, 1.807) is 27.4 Å². The zero-order valence-electron chi connectivity index (χ0n) is 19.0. The van der Waals surface area contributed by atoms with Crippen LogP contribution in [0.1, 0.15) is 58.9 Å². The molecule has 3 heterocycles. The van der Waals surface area contributed by atoms with E-state index in [0.29, 0.717) is 16.7 Å². The third-order valence-corrected chi connectivity index (χ3v) is 9.28. The first-order valence-corrected chi connectivity index (χ1v) is 13.0. The molecule has 1 atom stereocenters. The predicted octanol–water partition coefficient (Wildman–Crippen LogP) is 4.38. The molecule has 35 heavy (non-hydrogen) atoms. The Hall–Kier alpha value is -3.26. The van der Waals surface area contributed by atoms with Crippen LogP contribution in [0.3, 0.4) is 0 Å². The van der Waals surface area contributed by atoms with Gasteiger partial charge in [0, 0.05) is 34.5 Å². The first-order valence-electron chi connectivity index (χ1n) is 12.0. The van der Waals surface area contributed by atoms with Crippen LogP contribution in [-0.2, 0) is 5.75 Å².